The van der Waals surface area contributed by atoms with Crippen LogP contribution >= 0.6 is 23.4 Å². The Morgan fingerprint density at radius 3 is 2.46 bits per heavy atom. The summed E-state index contributed by atoms with van der Waals surface area (Å²) in [7, 11) is 0. The Kier molecular flexibility index (Phi) is 10.4. The summed E-state index contributed by atoms with van der Waals surface area (Å²) in [5.74, 6) is 4.33. The molecule has 0 saturated carbocycles. The van der Waals surface area contributed by atoms with Crippen molar-refractivity contribution in [2.24, 2.45) is 0 Å². The fourth-order valence-electron chi connectivity index (χ4n) is 3.04. The van der Waals surface area contributed by atoms with Gasteiger partial charge in [-0.3, -0.25) is 9.59 Å². The second kappa shape index (κ2) is 12.8. The van der Waals surface area contributed by atoms with Gasteiger partial charge in [0.1, 0.15) is 18.2 Å². The lowest BCUT2D eigenvalue weighted by Crippen LogP contribution is -2.45. The molecule has 0 aliphatic rings. The standard InChI is InChI=1S/C24H24ClF4N3O4S/c1-4-7-9-19(18(6-3)36-13-14(33)8-5-2)37-20-11-17(16(26)10-15(20)25)31-22(34)12-21(24(27,28)29)32(30)23(31)35/h4,6-7,9-12H,5,8,13,30H2,1-3H3/b7-4-,18-6+,19-9+. The zero-order valence-corrected chi connectivity index (χ0v) is 21.6. The van der Waals surface area contributed by atoms with Crippen molar-refractivity contribution < 1.29 is 27.1 Å². The van der Waals surface area contributed by atoms with Gasteiger partial charge < -0.3 is 10.6 Å². The molecule has 200 valence electrons. The average molecular weight is 562 g/mol. The van der Waals surface area contributed by atoms with Crippen LogP contribution in [0.5, 0.6) is 0 Å². The fraction of sp³-hybridized carbons (Fsp3) is 0.292. The van der Waals surface area contributed by atoms with E-state index < -0.39 is 34.6 Å². The Morgan fingerprint density at radius 1 is 1.22 bits per heavy atom. The van der Waals surface area contributed by atoms with Crippen LogP contribution in [0, 0.1) is 5.82 Å². The molecule has 1 heterocycles. The van der Waals surface area contributed by atoms with Gasteiger partial charge in [0.05, 0.1) is 15.6 Å². The number of allylic oxidation sites excluding steroid dienone is 4. The molecule has 0 aliphatic heterocycles. The maximum atomic E-state index is 14.8. The van der Waals surface area contributed by atoms with Crippen LogP contribution in [0.1, 0.15) is 39.3 Å². The third-order valence-electron chi connectivity index (χ3n) is 4.75. The molecule has 0 radical (unpaired) electrons. The van der Waals surface area contributed by atoms with E-state index in [0.717, 1.165) is 23.9 Å². The maximum Gasteiger partial charge on any atom is 0.433 e. The summed E-state index contributed by atoms with van der Waals surface area (Å²) in [5.41, 5.74) is -5.38. The van der Waals surface area contributed by atoms with Crippen LogP contribution in [0.3, 0.4) is 0 Å². The van der Waals surface area contributed by atoms with Gasteiger partial charge in [0.15, 0.2) is 11.5 Å². The van der Waals surface area contributed by atoms with Crippen LogP contribution in [0.2, 0.25) is 5.02 Å². The number of nitrogen functional groups attached to an aromatic ring is 1. The van der Waals surface area contributed by atoms with Gasteiger partial charge in [-0.1, -0.05) is 42.4 Å². The second-order valence-corrected chi connectivity index (χ2v) is 8.97. The van der Waals surface area contributed by atoms with Crippen molar-refractivity contribution in [3.05, 3.63) is 90.5 Å². The molecule has 37 heavy (non-hydrogen) atoms. The van der Waals surface area contributed by atoms with Gasteiger partial charge in [-0.2, -0.15) is 13.2 Å². The first-order chi connectivity index (χ1) is 17.3. The summed E-state index contributed by atoms with van der Waals surface area (Å²) in [6, 6.07) is 1.95. The normalized spacial score (nSPS) is 12.9. The monoisotopic (exact) mass is 561 g/mol. The van der Waals surface area contributed by atoms with Gasteiger partial charge in [-0.15, -0.1) is 0 Å². The van der Waals surface area contributed by atoms with Gasteiger partial charge in [0.2, 0.25) is 0 Å². The van der Waals surface area contributed by atoms with Crippen LogP contribution in [0.15, 0.2) is 67.7 Å². The number of nitrogens with zero attached hydrogens (tertiary/aromatic N) is 2. The molecule has 1 aromatic heterocycles. The zero-order chi connectivity index (χ0) is 27.9. The highest BCUT2D eigenvalue weighted by atomic mass is 35.5. The lowest BCUT2D eigenvalue weighted by Gasteiger charge is -2.16. The quantitative estimate of drug-likeness (QED) is 0.138. The third kappa shape index (κ3) is 7.39. The second-order valence-electron chi connectivity index (χ2n) is 7.48. The van der Waals surface area contributed by atoms with E-state index in [0.29, 0.717) is 23.5 Å². The summed E-state index contributed by atoms with van der Waals surface area (Å²) in [6.07, 6.45) is 2.55. The number of ketones is 1. The van der Waals surface area contributed by atoms with E-state index in [9.17, 15) is 31.9 Å². The highest BCUT2D eigenvalue weighted by Gasteiger charge is 2.36. The molecule has 13 heteroatoms. The SMILES string of the molecule is C\C=C/C=C(Sc1cc(-n2c(=O)cc(C(F)(F)F)n(N)c2=O)c(F)cc1Cl)\C(=C/C)OCC(=O)CCC. The number of benzene rings is 1. The van der Waals surface area contributed by atoms with Crippen LogP contribution in [-0.2, 0) is 15.7 Å². The summed E-state index contributed by atoms with van der Waals surface area (Å²) in [6.45, 7) is 5.11. The number of nitrogens with two attached hydrogens (primary N) is 1. The van der Waals surface area contributed by atoms with Crippen molar-refractivity contribution in [3.8, 4) is 5.69 Å². The summed E-state index contributed by atoms with van der Waals surface area (Å²) >= 11 is 7.18. The highest BCUT2D eigenvalue weighted by molar-refractivity contribution is 8.03. The van der Waals surface area contributed by atoms with Crippen molar-refractivity contribution >= 4 is 29.1 Å². The molecule has 1 aromatic carbocycles. The molecule has 2 aromatic rings. The van der Waals surface area contributed by atoms with Gasteiger partial charge in [0, 0.05) is 17.4 Å². The van der Waals surface area contributed by atoms with Gasteiger partial charge in [0.25, 0.3) is 5.56 Å². The smallest absolute Gasteiger partial charge is 0.433 e. The van der Waals surface area contributed by atoms with Crippen LogP contribution in [0.4, 0.5) is 17.6 Å². The molecule has 0 atom stereocenters. The number of Topliss-reactive ketones (excluding diaryl/α,β-unsaturated/α-hetero) is 1. The minimum atomic E-state index is -5.08. The number of carbonyl (C=O) groups is 1. The molecule has 0 aliphatic carbocycles. The number of alkyl halides is 3. The highest BCUT2D eigenvalue weighted by Crippen LogP contribution is 2.38. The van der Waals surface area contributed by atoms with E-state index in [1.54, 1.807) is 38.2 Å². The predicted molar refractivity (Wildman–Crippen MR) is 135 cm³/mol. The van der Waals surface area contributed by atoms with Crippen molar-refractivity contribution in [1.29, 1.82) is 0 Å². The number of halogens is 5. The average Bonchev–Trinajstić information content (AvgIpc) is 2.81. The maximum absolute atomic E-state index is 14.8. The van der Waals surface area contributed by atoms with E-state index >= 15 is 0 Å². The Balaban J connectivity index is 2.60. The predicted octanol–water partition coefficient (Wildman–Crippen LogP) is 5.37. The molecule has 0 spiro atoms. The summed E-state index contributed by atoms with van der Waals surface area (Å²) < 4.78 is 59.7. The number of carbonyl (C=O) groups excluding carboxylic acids is 1. The van der Waals surface area contributed by atoms with Gasteiger partial charge in [-0.05, 0) is 44.6 Å². The number of hydrogen-bond donors (Lipinski definition) is 1. The molecular weight excluding hydrogens is 538 g/mol. The molecule has 0 bridgehead atoms. The van der Waals surface area contributed by atoms with Crippen LogP contribution in [-0.4, -0.2) is 21.6 Å². The number of hydrogen-bond acceptors (Lipinski definition) is 6. The zero-order valence-electron chi connectivity index (χ0n) is 20.1. The van der Waals surface area contributed by atoms with E-state index in [1.165, 1.54) is 0 Å². The largest absolute Gasteiger partial charge is 0.485 e. The molecule has 0 amide bonds. The number of ether oxygens (including phenoxy) is 1. The lowest BCUT2D eigenvalue weighted by molar-refractivity contribution is -0.143. The number of aromatic nitrogens is 2. The van der Waals surface area contributed by atoms with Crippen molar-refractivity contribution in [3.63, 3.8) is 0 Å². The first-order valence-electron chi connectivity index (χ1n) is 10.9. The summed E-state index contributed by atoms with van der Waals surface area (Å²) in [5, 5.41) is -0.108. The molecule has 2 rings (SSSR count). The van der Waals surface area contributed by atoms with Crippen molar-refractivity contribution in [2.45, 2.75) is 44.7 Å². The van der Waals surface area contributed by atoms with E-state index in [2.05, 4.69) is 0 Å². The first-order valence-corrected chi connectivity index (χ1v) is 12.1. The Hall–Kier alpha value is -3.25. The van der Waals surface area contributed by atoms with Gasteiger partial charge >= 0.3 is 11.9 Å². The number of thioether (sulfide) groups is 1. The van der Waals surface area contributed by atoms with Crippen molar-refractivity contribution in [1.82, 2.24) is 9.24 Å². The molecule has 2 N–H and O–H groups in total. The molecule has 0 fully saturated rings. The Bertz CT molecular complexity index is 1380. The van der Waals surface area contributed by atoms with Crippen LogP contribution < -0.4 is 17.1 Å². The van der Waals surface area contributed by atoms with E-state index in [4.69, 9.17) is 22.2 Å². The van der Waals surface area contributed by atoms with E-state index in [1.807, 2.05) is 6.92 Å². The molecule has 0 saturated heterocycles. The number of rotatable bonds is 10. The van der Waals surface area contributed by atoms with Gasteiger partial charge in [-0.25, -0.2) is 18.4 Å². The Morgan fingerprint density at radius 2 is 1.89 bits per heavy atom. The topological polar surface area (TPSA) is 96.3 Å². The lowest BCUT2D eigenvalue weighted by atomic mass is 10.2. The van der Waals surface area contributed by atoms with Crippen LogP contribution in [0.25, 0.3) is 5.69 Å². The van der Waals surface area contributed by atoms with Crippen molar-refractivity contribution in [2.75, 3.05) is 12.4 Å². The third-order valence-corrected chi connectivity index (χ3v) is 6.29. The van der Waals surface area contributed by atoms with E-state index in [-0.39, 0.29) is 37.6 Å². The Labute approximate surface area is 218 Å². The molecule has 0 unspecified atom stereocenters. The minimum Gasteiger partial charge on any atom is -0.485 e. The molecule has 7 nitrogen and oxygen atoms in total. The fourth-order valence-corrected chi connectivity index (χ4v) is 4.29. The summed E-state index contributed by atoms with van der Waals surface area (Å²) in [4.78, 5) is 37.5. The molecular formula is C24H24ClF4N3O4S. The first kappa shape index (κ1) is 30.0. The minimum absolute atomic E-state index is 0.0959.